The van der Waals surface area contributed by atoms with E-state index in [0.717, 1.165) is 53.9 Å². The molecule has 2 saturated heterocycles. The number of pyridine rings is 1. The van der Waals surface area contributed by atoms with Crippen LogP contribution in [0.4, 0.5) is 15.4 Å². The molecule has 6 rings (SSSR count). The highest BCUT2D eigenvalue weighted by Crippen LogP contribution is 2.40. The molecule has 290 valence electrons. The first-order chi connectivity index (χ1) is 25.7. The first-order valence-electron chi connectivity index (χ1n) is 18.4. The number of carbonyl (C=O) groups is 3. The SMILES string of the molecule is COC(=O)NCc1ccc(Cl)c(CN(C(=O)[C@H]2CN(C(=O)OC(C)(C)C)CC[C@@H]2c2ccc(N3CC[C@@H](Oc4c(Cl)cc(C)cc4Cl)C3)nc2)C2CC2)c1. The number of hydrogen-bond acceptors (Lipinski definition) is 8. The Bertz CT molecular complexity index is 1830. The van der Waals surface area contributed by atoms with Crippen molar-refractivity contribution in [3.63, 3.8) is 0 Å². The molecule has 3 aliphatic rings. The van der Waals surface area contributed by atoms with Gasteiger partial charge in [0.1, 0.15) is 17.5 Å². The van der Waals surface area contributed by atoms with E-state index in [0.29, 0.717) is 46.9 Å². The minimum atomic E-state index is -0.671. The van der Waals surface area contributed by atoms with Crippen molar-refractivity contribution in [2.75, 3.05) is 38.2 Å². The summed E-state index contributed by atoms with van der Waals surface area (Å²) >= 11 is 19.6. The predicted octanol–water partition coefficient (Wildman–Crippen LogP) is 8.40. The highest BCUT2D eigenvalue weighted by Gasteiger charge is 2.43. The number of aryl methyl sites for hydroxylation is 1. The molecule has 3 heterocycles. The Morgan fingerprint density at radius 3 is 2.33 bits per heavy atom. The maximum Gasteiger partial charge on any atom is 0.410 e. The van der Waals surface area contributed by atoms with Crippen LogP contribution in [0.3, 0.4) is 0 Å². The smallest absolute Gasteiger partial charge is 0.410 e. The van der Waals surface area contributed by atoms with Crippen molar-refractivity contribution in [2.45, 2.75) is 90.1 Å². The number of nitrogens with zero attached hydrogens (tertiary/aromatic N) is 4. The molecule has 0 bridgehead atoms. The van der Waals surface area contributed by atoms with E-state index in [1.165, 1.54) is 7.11 Å². The van der Waals surface area contributed by atoms with Gasteiger partial charge in [-0.2, -0.15) is 0 Å². The molecular weight excluding hydrogens is 753 g/mol. The van der Waals surface area contributed by atoms with Crippen LogP contribution in [-0.2, 0) is 27.4 Å². The minimum Gasteiger partial charge on any atom is -0.485 e. The molecule has 14 heteroatoms. The van der Waals surface area contributed by atoms with Gasteiger partial charge in [0.2, 0.25) is 5.91 Å². The van der Waals surface area contributed by atoms with Crippen molar-refractivity contribution >= 4 is 58.7 Å². The number of carbonyl (C=O) groups excluding carboxylic acids is 3. The van der Waals surface area contributed by atoms with E-state index in [-0.39, 0.29) is 37.1 Å². The molecular formula is C40H48Cl3N5O6. The Labute approximate surface area is 332 Å². The number of aromatic nitrogens is 1. The molecule has 2 aromatic carbocycles. The van der Waals surface area contributed by atoms with Crippen LogP contribution in [0.5, 0.6) is 5.75 Å². The van der Waals surface area contributed by atoms with E-state index in [9.17, 15) is 14.4 Å². The van der Waals surface area contributed by atoms with Gasteiger partial charge in [0.25, 0.3) is 0 Å². The molecule has 0 radical (unpaired) electrons. The number of anilines is 1. The van der Waals surface area contributed by atoms with Crippen LogP contribution in [0.25, 0.3) is 0 Å². The van der Waals surface area contributed by atoms with Crippen LogP contribution in [0.15, 0.2) is 48.7 Å². The number of alkyl carbamates (subject to hydrolysis) is 1. The lowest BCUT2D eigenvalue weighted by molar-refractivity contribution is -0.139. The summed E-state index contributed by atoms with van der Waals surface area (Å²) in [6.45, 7) is 10.1. The molecule has 3 amide bonds. The van der Waals surface area contributed by atoms with E-state index in [2.05, 4.69) is 16.3 Å². The van der Waals surface area contributed by atoms with Crippen molar-refractivity contribution < 1.29 is 28.6 Å². The van der Waals surface area contributed by atoms with Crippen molar-refractivity contribution in [3.05, 3.63) is 86.0 Å². The molecule has 0 unspecified atom stereocenters. The van der Waals surface area contributed by atoms with Crippen molar-refractivity contribution in [2.24, 2.45) is 5.92 Å². The average Bonchev–Trinajstić information content (AvgIpc) is 3.87. The summed E-state index contributed by atoms with van der Waals surface area (Å²) in [4.78, 5) is 50.4. The lowest BCUT2D eigenvalue weighted by Gasteiger charge is -2.40. The highest BCUT2D eigenvalue weighted by molar-refractivity contribution is 6.37. The summed E-state index contributed by atoms with van der Waals surface area (Å²) < 4.78 is 16.7. The second-order valence-electron chi connectivity index (χ2n) is 15.4. The molecule has 1 aliphatic carbocycles. The molecule has 3 fully saturated rings. The molecule has 3 aromatic rings. The van der Waals surface area contributed by atoms with Crippen LogP contribution in [0.2, 0.25) is 15.1 Å². The summed E-state index contributed by atoms with van der Waals surface area (Å²) in [6, 6.07) is 13.3. The van der Waals surface area contributed by atoms with Crippen LogP contribution in [-0.4, -0.2) is 83.9 Å². The van der Waals surface area contributed by atoms with E-state index in [1.54, 1.807) is 11.0 Å². The third-order valence-electron chi connectivity index (χ3n) is 10.0. The maximum absolute atomic E-state index is 14.8. The van der Waals surface area contributed by atoms with E-state index in [4.69, 9.17) is 54.0 Å². The summed E-state index contributed by atoms with van der Waals surface area (Å²) in [6.07, 6.45) is 3.93. The number of likely N-dealkylation sites (tertiary alicyclic amines) is 1. The molecule has 3 atom stereocenters. The monoisotopic (exact) mass is 799 g/mol. The van der Waals surface area contributed by atoms with E-state index >= 15 is 0 Å². The first-order valence-corrected chi connectivity index (χ1v) is 19.5. The zero-order valence-electron chi connectivity index (χ0n) is 31.4. The number of methoxy groups -OCH3 is 1. The first kappa shape index (κ1) is 39.8. The minimum absolute atomic E-state index is 0.0399. The van der Waals surface area contributed by atoms with Gasteiger partial charge in [0.15, 0.2) is 5.75 Å². The van der Waals surface area contributed by atoms with E-state index < -0.39 is 23.7 Å². The van der Waals surface area contributed by atoms with Gasteiger partial charge in [-0.25, -0.2) is 14.6 Å². The second-order valence-corrected chi connectivity index (χ2v) is 16.6. The highest BCUT2D eigenvalue weighted by atomic mass is 35.5. The van der Waals surface area contributed by atoms with Crippen molar-refractivity contribution in [3.8, 4) is 5.75 Å². The number of ether oxygens (including phenoxy) is 3. The van der Waals surface area contributed by atoms with Gasteiger partial charge < -0.3 is 34.2 Å². The summed E-state index contributed by atoms with van der Waals surface area (Å²) in [5.74, 6) is 0.567. The van der Waals surface area contributed by atoms with Gasteiger partial charge >= 0.3 is 12.2 Å². The zero-order valence-corrected chi connectivity index (χ0v) is 33.6. The number of nitrogens with one attached hydrogen (secondary N) is 1. The quantitative estimate of drug-likeness (QED) is 0.218. The fourth-order valence-electron chi connectivity index (χ4n) is 7.17. The summed E-state index contributed by atoms with van der Waals surface area (Å²) in [5, 5.41) is 4.21. The largest absolute Gasteiger partial charge is 0.485 e. The number of halogens is 3. The topological polar surface area (TPSA) is 114 Å². The van der Waals surface area contributed by atoms with Gasteiger partial charge in [-0.1, -0.05) is 53.0 Å². The Balaban J connectivity index is 1.20. The maximum atomic E-state index is 14.8. The number of hydrogen-bond donors (Lipinski definition) is 1. The average molecular weight is 801 g/mol. The fraction of sp³-hybridized carbons (Fsp3) is 0.500. The van der Waals surface area contributed by atoms with Crippen LogP contribution in [0.1, 0.15) is 74.6 Å². The van der Waals surface area contributed by atoms with Crippen LogP contribution in [0, 0.1) is 12.8 Å². The summed E-state index contributed by atoms with van der Waals surface area (Å²) in [5.41, 5.74) is 2.85. The van der Waals surface area contributed by atoms with Crippen LogP contribution < -0.4 is 15.0 Å². The molecule has 1 saturated carbocycles. The van der Waals surface area contributed by atoms with Gasteiger partial charge in [0.05, 0.1) is 29.6 Å². The normalized spacial score (nSPS) is 20.0. The molecule has 0 spiro atoms. The lowest BCUT2D eigenvalue weighted by Crippen LogP contribution is -2.51. The van der Waals surface area contributed by atoms with E-state index in [1.807, 2.05) is 69.1 Å². The zero-order chi connectivity index (χ0) is 38.7. The molecule has 1 N–H and O–H groups in total. The predicted molar refractivity (Wildman–Crippen MR) is 210 cm³/mol. The van der Waals surface area contributed by atoms with Gasteiger partial charge in [0, 0.05) is 62.3 Å². The lowest BCUT2D eigenvalue weighted by atomic mass is 9.80. The van der Waals surface area contributed by atoms with Crippen molar-refractivity contribution in [1.82, 2.24) is 20.1 Å². The Morgan fingerprint density at radius 2 is 1.69 bits per heavy atom. The van der Waals surface area contributed by atoms with Gasteiger partial charge in [-0.3, -0.25) is 4.79 Å². The number of benzene rings is 2. The third kappa shape index (κ3) is 9.83. The number of piperidine rings is 1. The summed E-state index contributed by atoms with van der Waals surface area (Å²) in [7, 11) is 1.31. The van der Waals surface area contributed by atoms with Crippen LogP contribution >= 0.6 is 34.8 Å². The molecule has 11 nitrogen and oxygen atoms in total. The number of amides is 3. The molecule has 2 aliphatic heterocycles. The Morgan fingerprint density at radius 1 is 0.944 bits per heavy atom. The fourth-order valence-corrected chi connectivity index (χ4v) is 8.03. The Hall–Kier alpha value is -3.93. The molecule has 54 heavy (non-hydrogen) atoms. The Kier molecular flexibility index (Phi) is 12.4. The third-order valence-corrected chi connectivity index (χ3v) is 11.0. The number of rotatable bonds is 10. The van der Waals surface area contributed by atoms with Gasteiger partial charge in [-0.15, -0.1) is 0 Å². The molecule has 1 aromatic heterocycles. The van der Waals surface area contributed by atoms with Gasteiger partial charge in [-0.05, 0) is 93.5 Å². The standard InChI is InChI=1S/C40H48Cl3N5O6/c1-24-16-33(42)36(34(43)17-24)53-29-12-14-46(22-29)35-11-7-26(20-44-35)30-13-15-47(39(51)54-40(2,3)4)23-31(30)37(49)48(28-8-9-28)21-27-18-25(6-10-32(27)41)19-45-38(50)52-5/h6-7,10-11,16-18,20,28-31H,8-9,12-15,19,21-23H2,1-5H3,(H,45,50)/t29-,30-,31+/m1/s1. The second kappa shape index (κ2) is 16.8. The van der Waals surface area contributed by atoms with Crippen molar-refractivity contribution in [1.29, 1.82) is 0 Å².